The van der Waals surface area contributed by atoms with E-state index in [-0.39, 0.29) is 33.6 Å². The number of nitrogens with one attached hydrogen (secondary N) is 2. The molecular weight excluding hydrogens is 469 g/mol. The van der Waals surface area contributed by atoms with Gasteiger partial charge in [-0.25, -0.2) is 14.4 Å². The second kappa shape index (κ2) is 7.83. The summed E-state index contributed by atoms with van der Waals surface area (Å²) in [6.45, 7) is 5.69. The second-order valence-electron chi connectivity index (χ2n) is 8.72. The summed E-state index contributed by atoms with van der Waals surface area (Å²) >= 11 is 6.06. The molecule has 1 amide bonds. The van der Waals surface area contributed by atoms with Crippen molar-refractivity contribution in [3.8, 4) is 6.07 Å². The molecular formula is C21H23ClFN7O2S. The summed E-state index contributed by atoms with van der Waals surface area (Å²) in [4.78, 5) is 25.5. The maximum Gasteiger partial charge on any atom is 0.276 e. The molecule has 0 saturated carbocycles. The molecule has 1 saturated heterocycles. The number of rotatable bonds is 3. The molecule has 2 atom stereocenters. The summed E-state index contributed by atoms with van der Waals surface area (Å²) in [6.07, 6.45) is 1.73. The number of amides is 1. The van der Waals surface area contributed by atoms with Crippen molar-refractivity contribution in [2.75, 3.05) is 11.9 Å². The minimum Gasteiger partial charge on any atom is -0.386 e. The summed E-state index contributed by atoms with van der Waals surface area (Å²) in [5.41, 5.74) is 4.96. The number of amidine groups is 1. The third kappa shape index (κ3) is 3.49. The van der Waals surface area contributed by atoms with Gasteiger partial charge in [0.2, 0.25) is 0 Å². The van der Waals surface area contributed by atoms with Gasteiger partial charge in [0, 0.05) is 12.7 Å². The first-order valence-electron chi connectivity index (χ1n) is 10.2. The molecule has 2 aliphatic heterocycles. The number of nitriles is 1. The first-order chi connectivity index (χ1) is 15.4. The van der Waals surface area contributed by atoms with Gasteiger partial charge in [-0.05, 0) is 55.5 Å². The SMILES string of the molecule is CC1(C)C(N)=N[C@](C)(c2nc(NC(=O)c3ncc(C#N)cc3Cl)ccc2F)[C@@H]2CCN[SH]21=O. The van der Waals surface area contributed by atoms with Crippen molar-refractivity contribution >= 4 is 39.3 Å². The standard InChI is InChI=1S/C21H23ClFN7O2S/c1-20(2)19(25)30-21(3,14-6-7-27-33(14,20)32)17-13(23)4-5-15(28-17)29-18(31)16-12(22)8-11(9-24)10-26-16/h4-5,8,10,14,33H,6-7H2,1-3H3,(H2,25,30)(H,27,32)(H,28,29,31)/t14-,21-/m0/s1. The topological polar surface area (TPSA) is 146 Å². The number of aliphatic imine (C=N–C) groups is 1. The Balaban J connectivity index is 1.74. The summed E-state index contributed by atoms with van der Waals surface area (Å²) < 4.78 is 31.2. The Hall–Kier alpha value is -2.94. The number of hydrogen-bond acceptors (Lipinski definition) is 7. The van der Waals surface area contributed by atoms with Gasteiger partial charge in [-0.15, -0.1) is 0 Å². The first-order valence-corrected chi connectivity index (χ1v) is 12.3. The van der Waals surface area contributed by atoms with Crippen molar-refractivity contribution in [1.29, 1.82) is 5.26 Å². The lowest BCUT2D eigenvalue weighted by Gasteiger charge is -2.50. The predicted molar refractivity (Wildman–Crippen MR) is 125 cm³/mol. The molecule has 2 aliphatic rings. The number of pyridine rings is 2. The highest BCUT2D eigenvalue weighted by molar-refractivity contribution is 8.04. The molecule has 2 aromatic heterocycles. The Morgan fingerprint density at radius 2 is 2.15 bits per heavy atom. The molecule has 4 heterocycles. The highest BCUT2D eigenvalue weighted by atomic mass is 35.5. The number of hydrogen-bond donors (Lipinski definition) is 4. The van der Waals surface area contributed by atoms with Crippen LogP contribution in [0.1, 0.15) is 48.9 Å². The molecule has 2 aromatic rings. The van der Waals surface area contributed by atoms with Gasteiger partial charge < -0.3 is 11.1 Å². The molecule has 0 aliphatic carbocycles. The van der Waals surface area contributed by atoms with Gasteiger partial charge in [-0.1, -0.05) is 11.6 Å². The zero-order valence-electron chi connectivity index (χ0n) is 18.2. The van der Waals surface area contributed by atoms with Crippen molar-refractivity contribution in [3.63, 3.8) is 0 Å². The molecule has 174 valence electrons. The van der Waals surface area contributed by atoms with Gasteiger partial charge >= 0.3 is 0 Å². The van der Waals surface area contributed by atoms with Crippen LogP contribution in [0.5, 0.6) is 0 Å². The number of fused-ring (bicyclic) bond motifs is 1. The lowest BCUT2D eigenvalue weighted by atomic mass is 9.90. The number of anilines is 1. The Morgan fingerprint density at radius 1 is 1.42 bits per heavy atom. The quantitative estimate of drug-likeness (QED) is 0.483. The fraction of sp³-hybridized carbons (Fsp3) is 0.381. The molecule has 9 nitrogen and oxygen atoms in total. The first kappa shape index (κ1) is 23.2. The van der Waals surface area contributed by atoms with Crippen LogP contribution in [-0.4, -0.2) is 42.5 Å². The van der Waals surface area contributed by atoms with Gasteiger partial charge in [-0.3, -0.25) is 18.7 Å². The number of aromatic nitrogens is 2. The summed E-state index contributed by atoms with van der Waals surface area (Å²) in [5, 5.41) is 10.9. The Morgan fingerprint density at radius 3 is 2.82 bits per heavy atom. The number of thiol groups is 1. The van der Waals surface area contributed by atoms with E-state index < -0.39 is 37.4 Å². The predicted octanol–water partition coefficient (Wildman–Crippen LogP) is 2.05. The largest absolute Gasteiger partial charge is 0.386 e. The van der Waals surface area contributed by atoms with Crippen LogP contribution in [0.15, 0.2) is 29.4 Å². The van der Waals surface area contributed by atoms with Crippen LogP contribution in [-0.2, 0) is 15.7 Å². The van der Waals surface area contributed by atoms with Gasteiger partial charge in [0.15, 0.2) is 0 Å². The van der Waals surface area contributed by atoms with E-state index >= 15 is 4.39 Å². The lowest BCUT2D eigenvalue weighted by Crippen LogP contribution is -2.64. The molecule has 0 unspecified atom stereocenters. The Kier molecular flexibility index (Phi) is 5.51. The van der Waals surface area contributed by atoms with Gasteiger partial charge in [0.1, 0.15) is 40.5 Å². The third-order valence-corrected chi connectivity index (χ3v) is 10.9. The summed E-state index contributed by atoms with van der Waals surface area (Å²) in [6, 6.07) is 5.66. The van der Waals surface area contributed by atoms with E-state index in [0.29, 0.717) is 13.0 Å². The van der Waals surface area contributed by atoms with Crippen LogP contribution in [0.3, 0.4) is 0 Å². The van der Waals surface area contributed by atoms with Gasteiger partial charge in [0.25, 0.3) is 5.91 Å². The van der Waals surface area contributed by atoms with E-state index in [0.717, 1.165) is 6.07 Å². The molecule has 33 heavy (non-hydrogen) atoms. The number of nitrogens with two attached hydrogens (primary N) is 1. The van der Waals surface area contributed by atoms with E-state index in [1.807, 2.05) is 6.07 Å². The maximum atomic E-state index is 15.0. The average Bonchev–Trinajstić information content (AvgIpc) is 3.18. The highest BCUT2D eigenvalue weighted by Gasteiger charge is 2.59. The summed E-state index contributed by atoms with van der Waals surface area (Å²) in [7, 11) is -3.10. The Bertz CT molecular complexity index is 1290. The smallest absolute Gasteiger partial charge is 0.276 e. The molecule has 12 heteroatoms. The Labute approximate surface area is 196 Å². The maximum absolute atomic E-state index is 15.0. The van der Waals surface area contributed by atoms with E-state index in [2.05, 4.69) is 25.0 Å². The third-order valence-electron chi connectivity index (χ3n) is 6.41. The molecule has 0 aromatic carbocycles. The second-order valence-corrected chi connectivity index (χ2v) is 12.5. The average molecular weight is 492 g/mol. The van der Waals surface area contributed by atoms with Crippen LogP contribution in [0.2, 0.25) is 5.02 Å². The van der Waals surface area contributed by atoms with E-state index in [1.165, 1.54) is 18.3 Å². The molecule has 4 rings (SSSR count). The summed E-state index contributed by atoms with van der Waals surface area (Å²) in [5.74, 6) is -1.14. The van der Waals surface area contributed by atoms with Crippen molar-refractivity contribution in [1.82, 2.24) is 14.7 Å². The molecule has 1 fully saturated rings. The number of carbonyl (C=O) groups is 1. The zero-order chi connectivity index (χ0) is 24.2. The number of carbonyl (C=O) groups excluding carboxylic acids is 1. The minimum atomic E-state index is -3.10. The van der Waals surface area contributed by atoms with Gasteiger partial charge in [-0.2, -0.15) is 5.26 Å². The van der Waals surface area contributed by atoms with Crippen LogP contribution < -0.4 is 15.8 Å². The molecule has 4 N–H and O–H groups in total. The van der Waals surface area contributed by atoms with Crippen LogP contribution in [0.25, 0.3) is 0 Å². The highest BCUT2D eigenvalue weighted by Crippen LogP contribution is 2.48. The fourth-order valence-corrected chi connectivity index (χ4v) is 8.31. The van der Waals surface area contributed by atoms with E-state index in [9.17, 15) is 9.00 Å². The van der Waals surface area contributed by atoms with Crippen molar-refractivity contribution < 1.29 is 13.4 Å². The molecule has 0 bridgehead atoms. The lowest BCUT2D eigenvalue weighted by molar-refractivity contribution is 0.102. The number of halogens is 2. The van der Waals surface area contributed by atoms with E-state index in [1.54, 1.807) is 20.8 Å². The van der Waals surface area contributed by atoms with Crippen molar-refractivity contribution in [2.24, 2.45) is 10.7 Å². The van der Waals surface area contributed by atoms with Crippen LogP contribution in [0, 0.1) is 17.1 Å². The fourth-order valence-electron chi connectivity index (χ4n) is 4.43. The minimum absolute atomic E-state index is 0.00861. The molecule has 0 radical (unpaired) electrons. The van der Waals surface area contributed by atoms with Crippen LogP contribution in [0.4, 0.5) is 10.2 Å². The monoisotopic (exact) mass is 491 g/mol. The number of nitrogens with zero attached hydrogens (tertiary/aromatic N) is 4. The van der Waals surface area contributed by atoms with Crippen molar-refractivity contribution in [2.45, 2.75) is 42.7 Å². The van der Waals surface area contributed by atoms with E-state index in [4.69, 9.17) is 22.6 Å². The van der Waals surface area contributed by atoms with Crippen LogP contribution >= 0.6 is 11.6 Å². The molecule has 0 spiro atoms. The van der Waals surface area contributed by atoms with Crippen molar-refractivity contribution in [3.05, 3.63) is 52.2 Å². The van der Waals surface area contributed by atoms with Gasteiger partial charge in [0.05, 0.1) is 20.6 Å². The normalized spacial score (nSPS) is 25.9. The zero-order valence-corrected chi connectivity index (χ0v) is 19.8.